The number of esters is 1. The third kappa shape index (κ3) is 3.91. The molecule has 1 aromatic carbocycles. The molecule has 1 fully saturated rings. The molecule has 7 heteroatoms. The summed E-state index contributed by atoms with van der Waals surface area (Å²) in [5.74, 6) is -0.686. The molecule has 0 amide bonds. The predicted octanol–water partition coefficient (Wildman–Crippen LogP) is 2.31. The maximum Gasteiger partial charge on any atom is 0.360 e. The van der Waals surface area contributed by atoms with Crippen LogP contribution >= 0.6 is 0 Å². The van der Waals surface area contributed by atoms with Gasteiger partial charge in [0, 0.05) is 32.7 Å². The third-order valence-electron chi connectivity index (χ3n) is 3.91. The second-order valence-electron chi connectivity index (χ2n) is 5.63. The minimum absolute atomic E-state index is 0.189. The van der Waals surface area contributed by atoms with Crippen molar-refractivity contribution in [3.8, 4) is 0 Å². The number of carbonyl (C=O) groups is 1. The van der Waals surface area contributed by atoms with E-state index in [1.807, 2.05) is 11.0 Å². The van der Waals surface area contributed by atoms with Gasteiger partial charge in [-0.2, -0.15) is 4.98 Å². The lowest BCUT2D eigenvalue weighted by molar-refractivity contribution is 0.0519. The van der Waals surface area contributed by atoms with Crippen LogP contribution in [0, 0.1) is 5.82 Å². The third-order valence-corrected chi connectivity index (χ3v) is 3.91. The van der Waals surface area contributed by atoms with E-state index in [2.05, 4.69) is 9.88 Å². The number of anilines is 1. The number of hydrogen-bond donors (Lipinski definition) is 0. The quantitative estimate of drug-likeness (QED) is 0.783. The highest BCUT2D eigenvalue weighted by atomic mass is 19.1. The van der Waals surface area contributed by atoms with E-state index in [-0.39, 0.29) is 11.5 Å². The van der Waals surface area contributed by atoms with Crippen LogP contribution in [0.2, 0.25) is 0 Å². The zero-order valence-electron chi connectivity index (χ0n) is 13.6. The normalized spacial score (nSPS) is 15.5. The molecule has 0 N–H and O–H groups in total. The Labute approximate surface area is 139 Å². The van der Waals surface area contributed by atoms with Gasteiger partial charge in [-0.3, -0.25) is 4.90 Å². The molecule has 0 aliphatic carbocycles. The zero-order chi connectivity index (χ0) is 16.9. The highest BCUT2D eigenvalue weighted by molar-refractivity contribution is 5.87. The Morgan fingerprint density at radius 2 is 2.12 bits per heavy atom. The van der Waals surface area contributed by atoms with Gasteiger partial charge in [0.15, 0.2) is 5.69 Å². The van der Waals surface area contributed by atoms with Crippen LogP contribution in [0.1, 0.15) is 23.0 Å². The summed E-state index contributed by atoms with van der Waals surface area (Å²) in [5.41, 5.74) is 1.15. The van der Waals surface area contributed by atoms with E-state index in [0.717, 1.165) is 31.7 Å². The van der Waals surface area contributed by atoms with Crippen LogP contribution in [0.5, 0.6) is 0 Å². The van der Waals surface area contributed by atoms with Gasteiger partial charge in [-0.05, 0) is 24.6 Å². The van der Waals surface area contributed by atoms with E-state index >= 15 is 0 Å². The summed E-state index contributed by atoms with van der Waals surface area (Å²) in [6.07, 6.45) is 1.33. The minimum atomic E-state index is -0.475. The van der Waals surface area contributed by atoms with Crippen LogP contribution in [0.4, 0.5) is 10.4 Å². The Balaban J connectivity index is 1.54. The van der Waals surface area contributed by atoms with Crippen molar-refractivity contribution < 1.29 is 18.3 Å². The molecule has 0 unspecified atom stereocenters. The topological polar surface area (TPSA) is 58.8 Å². The maximum atomic E-state index is 13.2. The number of hydrogen-bond acceptors (Lipinski definition) is 6. The first-order chi connectivity index (χ1) is 11.7. The number of ether oxygens (including phenoxy) is 1. The molecule has 1 aliphatic rings. The molecule has 0 spiro atoms. The summed E-state index contributed by atoms with van der Waals surface area (Å²) < 4.78 is 23.5. The van der Waals surface area contributed by atoms with E-state index in [1.54, 1.807) is 19.1 Å². The standard InChI is InChI=1S/C17H20FN3O3/c1-2-23-16(22)15-12-24-17(19-15)21-8-6-20(7-9-21)11-13-4-3-5-14(18)10-13/h3-5,10,12H,2,6-9,11H2,1H3. The number of piperazine rings is 1. The van der Waals surface area contributed by atoms with E-state index in [4.69, 9.17) is 9.15 Å². The molecule has 0 saturated carbocycles. The first kappa shape index (κ1) is 16.4. The summed E-state index contributed by atoms with van der Waals surface area (Å²) in [6.45, 7) is 5.86. The highest BCUT2D eigenvalue weighted by Gasteiger charge is 2.22. The molecule has 1 aromatic heterocycles. The summed E-state index contributed by atoms with van der Waals surface area (Å²) in [5, 5.41) is 0. The Kier molecular flexibility index (Phi) is 5.10. The van der Waals surface area contributed by atoms with Crippen LogP contribution < -0.4 is 4.90 Å². The van der Waals surface area contributed by atoms with Gasteiger partial charge in [0.25, 0.3) is 6.01 Å². The maximum absolute atomic E-state index is 13.2. The first-order valence-corrected chi connectivity index (χ1v) is 8.00. The van der Waals surface area contributed by atoms with Crippen LogP contribution in [0.3, 0.4) is 0 Å². The van der Waals surface area contributed by atoms with Crippen LogP contribution in [0.25, 0.3) is 0 Å². The Morgan fingerprint density at radius 1 is 1.33 bits per heavy atom. The largest absolute Gasteiger partial charge is 0.461 e. The fourth-order valence-electron chi connectivity index (χ4n) is 2.70. The molecule has 1 saturated heterocycles. The van der Waals surface area contributed by atoms with Gasteiger partial charge in [-0.25, -0.2) is 9.18 Å². The number of oxazole rings is 1. The van der Waals surface area contributed by atoms with E-state index in [1.165, 1.54) is 12.3 Å². The molecule has 2 heterocycles. The first-order valence-electron chi connectivity index (χ1n) is 8.00. The number of halogens is 1. The predicted molar refractivity (Wildman–Crippen MR) is 86.3 cm³/mol. The van der Waals surface area contributed by atoms with Gasteiger partial charge in [-0.1, -0.05) is 12.1 Å². The van der Waals surface area contributed by atoms with Crippen LogP contribution in [-0.2, 0) is 11.3 Å². The zero-order valence-corrected chi connectivity index (χ0v) is 13.6. The number of benzene rings is 1. The lowest BCUT2D eigenvalue weighted by atomic mass is 10.2. The second-order valence-corrected chi connectivity index (χ2v) is 5.63. The Hall–Kier alpha value is -2.41. The minimum Gasteiger partial charge on any atom is -0.461 e. The number of rotatable bonds is 5. The van der Waals surface area contributed by atoms with Crippen molar-refractivity contribution in [2.45, 2.75) is 13.5 Å². The highest BCUT2D eigenvalue weighted by Crippen LogP contribution is 2.17. The smallest absolute Gasteiger partial charge is 0.360 e. The van der Waals surface area contributed by atoms with Crippen molar-refractivity contribution in [2.75, 3.05) is 37.7 Å². The van der Waals surface area contributed by atoms with E-state index in [9.17, 15) is 9.18 Å². The molecule has 0 atom stereocenters. The van der Waals surface area contributed by atoms with Crippen molar-refractivity contribution >= 4 is 12.0 Å². The van der Waals surface area contributed by atoms with E-state index in [0.29, 0.717) is 19.2 Å². The number of carbonyl (C=O) groups excluding carboxylic acids is 1. The van der Waals surface area contributed by atoms with Crippen molar-refractivity contribution in [2.24, 2.45) is 0 Å². The summed E-state index contributed by atoms with van der Waals surface area (Å²) >= 11 is 0. The molecule has 2 aromatic rings. The monoisotopic (exact) mass is 333 g/mol. The fraction of sp³-hybridized carbons (Fsp3) is 0.412. The molecule has 128 valence electrons. The molecule has 6 nitrogen and oxygen atoms in total. The van der Waals surface area contributed by atoms with Gasteiger partial charge in [0.1, 0.15) is 12.1 Å². The molecule has 1 aliphatic heterocycles. The fourth-order valence-corrected chi connectivity index (χ4v) is 2.70. The van der Waals surface area contributed by atoms with Crippen molar-refractivity contribution in [1.82, 2.24) is 9.88 Å². The SMILES string of the molecule is CCOC(=O)c1coc(N2CCN(Cc3cccc(F)c3)CC2)n1. The summed E-state index contributed by atoms with van der Waals surface area (Å²) in [6, 6.07) is 7.10. The Morgan fingerprint density at radius 3 is 2.83 bits per heavy atom. The van der Waals surface area contributed by atoms with E-state index < -0.39 is 5.97 Å². The molecule has 24 heavy (non-hydrogen) atoms. The van der Waals surface area contributed by atoms with Gasteiger partial charge < -0.3 is 14.1 Å². The molecule has 0 radical (unpaired) electrons. The average Bonchev–Trinajstić information content (AvgIpc) is 3.06. The van der Waals surface area contributed by atoms with Gasteiger partial charge in [-0.15, -0.1) is 0 Å². The lowest BCUT2D eigenvalue weighted by Crippen LogP contribution is -2.46. The average molecular weight is 333 g/mol. The number of nitrogens with zero attached hydrogens (tertiary/aromatic N) is 3. The Bertz CT molecular complexity index is 696. The van der Waals surface area contributed by atoms with Crippen LogP contribution in [-0.4, -0.2) is 48.6 Å². The second kappa shape index (κ2) is 7.44. The van der Waals surface area contributed by atoms with Gasteiger partial charge in [0.2, 0.25) is 0 Å². The van der Waals surface area contributed by atoms with Gasteiger partial charge in [0.05, 0.1) is 6.61 Å². The van der Waals surface area contributed by atoms with Crippen LogP contribution in [0.15, 0.2) is 34.9 Å². The molecule has 0 bridgehead atoms. The summed E-state index contributed by atoms with van der Waals surface area (Å²) in [4.78, 5) is 20.1. The van der Waals surface area contributed by atoms with Crippen molar-refractivity contribution in [3.05, 3.63) is 47.6 Å². The van der Waals surface area contributed by atoms with Crippen molar-refractivity contribution in [1.29, 1.82) is 0 Å². The lowest BCUT2D eigenvalue weighted by Gasteiger charge is -2.33. The molecular weight excluding hydrogens is 313 g/mol. The van der Waals surface area contributed by atoms with Crippen molar-refractivity contribution in [3.63, 3.8) is 0 Å². The molecule has 3 rings (SSSR count). The number of aromatic nitrogens is 1. The summed E-state index contributed by atoms with van der Waals surface area (Å²) in [7, 11) is 0. The molecular formula is C17H20FN3O3. The van der Waals surface area contributed by atoms with Gasteiger partial charge >= 0.3 is 5.97 Å².